The van der Waals surface area contributed by atoms with Crippen molar-refractivity contribution in [1.82, 2.24) is 9.55 Å². The van der Waals surface area contributed by atoms with E-state index in [9.17, 15) is 18.0 Å². The first kappa shape index (κ1) is 14.5. The number of aromatic nitrogens is 2. The van der Waals surface area contributed by atoms with Gasteiger partial charge in [-0.3, -0.25) is 0 Å². The number of ether oxygens (including phenoxy) is 2. The number of fused-ring (bicyclic) bond motifs is 2. The molecular formula is C13H11F3N2O4. The molecule has 9 heteroatoms. The van der Waals surface area contributed by atoms with Crippen LogP contribution in [-0.2, 0) is 11.0 Å². The topological polar surface area (TPSA) is 73.6 Å². The highest BCUT2D eigenvalue weighted by molar-refractivity contribution is 5.83. The monoisotopic (exact) mass is 316 g/mol. The summed E-state index contributed by atoms with van der Waals surface area (Å²) in [4.78, 5) is 14.7. The van der Waals surface area contributed by atoms with Crippen LogP contribution in [0.3, 0.4) is 0 Å². The van der Waals surface area contributed by atoms with Gasteiger partial charge in [0, 0.05) is 12.1 Å². The number of alkyl halides is 3. The van der Waals surface area contributed by atoms with Crippen molar-refractivity contribution in [3.05, 3.63) is 18.0 Å². The molecule has 118 valence electrons. The molecule has 1 N–H and O–H groups in total. The second-order valence-electron chi connectivity index (χ2n) is 4.80. The third-order valence-corrected chi connectivity index (χ3v) is 3.35. The standard InChI is InChI=1S/C13H11F3N2O4/c1-6(11(19)20)18-8-5-10-9(21-2-3-22-10)4-7(8)17-12(18)13(14,15)16/h4-6H,2-3H2,1H3,(H,19,20). The maximum Gasteiger partial charge on any atom is 0.449 e. The molecule has 0 saturated carbocycles. The van der Waals surface area contributed by atoms with Gasteiger partial charge in [0.15, 0.2) is 11.5 Å². The van der Waals surface area contributed by atoms with E-state index in [1.165, 1.54) is 12.1 Å². The molecule has 22 heavy (non-hydrogen) atoms. The van der Waals surface area contributed by atoms with Gasteiger partial charge in [-0.05, 0) is 6.92 Å². The minimum Gasteiger partial charge on any atom is -0.486 e. The van der Waals surface area contributed by atoms with Crippen LogP contribution in [0.5, 0.6) is 11.5 Å². The van der Waals surface area contributed by atoms with Gasteiger partial charge in [-0.25, -0.2) is 9.78 Å². The van der Waals surface area contributed by atoms with E-state index in [4.69, 9.17) is 14.6 Å². The Morgan fingerprint density at radius 3 is 2.45 bits per heavy atom. The average Bonchev–Trinajstić information content (AvgIpc) is 2.82. The van der Waals surface area contributed by atoms with E-state index < -0.39 is 24.0 Å². The minimum atomic E-state index is -4.77. The number of aliphatic carboxylic acids is 1. The van der Waals surface area contributed by atoms with Crippen molar-refractivity contribution < 1.29 is 32.5 Å². The Hall–Kier alpha value is -2.45. The summed E-state index contributed by atoms with van der Waals surface area (Å²) in [5.41, 5.74) is 0.0381. The van der Waals surface area contributed by atoms with Gasteiger partial charge >= 0.3 is 12.1 Å². The maximum absolute atomic E-state index is 13.1. The quantitative estimate of drug-likeness (QED) is 0.921. The zero-order valence-corrected chi connectivity index (χ0v) is 11.3. The number of carbonyl (C=O) groups is 1. The molecule has 1 aliphatic heterocycles. The lowest BCUT2D eigenvalue weighted by molar-refractivity contribution is -0.150. The predicted molar refractivity (Wildman–Crippen MR) is 68.1 cm³/mol. The summed E-state index contributed by atoms with van der Waals surface area (Å²) in [6.07, 6.45) is -4.77. The van der Waals surface area contributed by atoms with Gasteiger partial charge in [0.1, 0.15) is 19.3 Å². The molecule has 1 aromatic heterocycles. The first-order valence-electron chi connectivity index (χ1n) is 6.40. The van der Waals surface area contributed by atoms with Crippen LogP contribution in [-0.4, -0.2) is 33.8 Å². The van der Waals surface area contributed by atoms with Crippen LogP contribution < -0.4 is 9.47 Å². The number of halogens is 3. The maximum atomic E-state index is 13.1. The molecule has 3 rings (SSSR count). The van der Waals surface area contributed by atoms with Gasteiger partial charge in [0.25, 0.3) is 0 Å². The summed E-state index contributed by atoms with van der Waals surface area (Å²) in [6, 6.07) is 1.22. The molecule has 0 spiro atoms. The Balaban J connectivity index is 2.30. The van der Waals surface area contributed by atoms with E-state index in [-0.39, 0.29) is 30.0 Å². The molecule has 1 unspecified atom stereocenters. The van der Waals surface area contributed by atoms with Gasteiger partial charge in [-0.2, -0.15) is 13.2 Å². The minimum absolute atomic E-state index is 0.00433. The molecule has 1 aliphatic rings. The Morgan fingerprint density at radius 1 is 1.32 bits per heavy atom. The Morgan fingerprint density at radius 2 is 1.91 bits per heavy atom. The Labute approximate surface area is 122 Å². The molecule has 0 amide bonds. The van der Waals surface area contributed by atoms with Crippen LogP contribution in [0.1, 0.15) is 18.8 Å². The summed E-state index contributed by atoms with van der Waals surface area (Å²) in [5.74, 6) is -2.09. The number of rotatable bonds is 2. The smallest absolute Gasteiger partial charge is 0.449 e. The van der Waals surface area contributed by atoms with Crippen molar-refractivity contribution in [3.63, 3.8) is 0 Å². The fourth-order valence-corrected chi connectivity index (χ4v) is 2.33. The summed E-state index contributed by atoms with van der Waals surface area (Å²) in [6.45, 7) is 1.72. The molecule has 0 bridgehead atoms. The van der Waals surface area contributed by atoms with Crippen molar-refractivity contribution in [2.24, 2.45) is 0 Å². The van der Waals surface area contributed by atoms with E-state index >= 15 is 0 Å². The second kappa shape index (κ2) is 4.79. The molecule has 1 aromatic carbocycles. The molecule has 1 atom stereocenters. The van der Waals surface area contributed by atoms with Crippen molar-refractivity contribution in [1.29, 1.82) is 0 Å². The number of nitrogens with zero attached hydrogens (tertiary/aromatic N) is 2. The fourth-order valence-electron chi connectivity index (χ4n) is 2.33. The normalized spacial score (nSPS) is 15.8. The van der Waals surface area contributed by atoms with E-state index in [2.05, 4.69) is 4.98 Å². The third-order valence-electron chi connectivity index (χ3n) is 3.35. The first-order valence-corrected chi connectivity index (χ1v) is 6.40. The molecule has 2 aromatic rings. The molecule has 0 saturated heterocycles. The molecule has 0 fully saturated rings. The zero-order valence-electron chi connectivity index (χ0n) is 11.3. The molecule has 6 nitrogen and oxygen atoms in total. The van der Waals surface area contributed by atoms with Crippen molar-refractivity contribution in [3.8, 4) is 11.5 Å². The van der Waals surface area contributed by atoms with Crippen LogP contribution in [0, 0.1) is 0 Å². The number of hydrogen-bond acceptors (Lipinski definition) is 4. The predicted octanol–water partition coefficient (Wildman–Crippen LogP) is 2.47. The van der Waals surface area contributed by atoms with Crippen molar-refractivity contribution in [2.75, 3.05) is 13.2 Å². The van der Waals surface area contributed by atoms with Crippen LogP contribution in [0.2, 0.25) is 0 Å². The van der Waals surface area contributed by atoms with E-state index in [0.29, 0.717) is 10.3 Å². The first-order chi connectivity index (χ1) is 10.3. The van der Waals surface area contributed by atoms with E-state index in [1.807, 2.05) is 0 Å². The third kappa shape index (κ3) is 2.22. The SMILES string of the molecule is CC(C(=O)O)n1c(C(F)(F)F)nc2cc3c(cc21)OCCO3. The van der Waals surface area contributed by atoms with Crippen LogP contribution in [0.4, 0.5) is 13.2 Å². The van der Waals surface area contributed by atoms with Crippen LogP contribution >= 0.6 is 0 Å². The lowest BCUT2D eigenvalue weighted by atomic mass is 10.2. The zero-order chi connectivity index (χ0) is 16.1. The molecule has 0 radical (unpaired) electrons. The van der Waals surface area contributed by atoms with Crippen LogP contribution in [0.25, 0.3) is 11.0 Å². The largest absolute Gasteiger partial charge is 0.486 e. The number of carboxylic acid groups (broad SMARTS) is 1. The van der Waals surface area contributed by atoms with E-state index in [1.54, 1.807) is 0 Å². The fraction of sp³-hybridized carbons (Fsp3) is 0.385. The number of hydrogen-bond donors (Lipinski definition) is 1. The lowest BCUT2D eigenvalue weighted by Crippen LogP contribution is -2.22. The Kier molecular flexibility index (Phi) is 3.15. The van der Waals surface area contributed by atoms with Crippen molar-refractivity contribution >= 4 is 17.0 Å². The van der Waals surface area contributed by atoms with Gasteiger partial charge in [-0.15, -0.1) is 0 Å². The Bertz CT molecular complexity index is 754. The van der Waals surface area contributed by atoms with Gasteiger partial charge in [-0.1, -0.05) is 0 Å². The van der Waals surface area contributed by atoms with Gasteiger partial charge < -0.3 is 19.1 Å². The molecule has 0 aliphatic carbocycles. The molecular weight excluding hydrogens is 305 g/mol. The van der Waals surface area contributed by atoms with Gasteiger partial charge in [0.2, 0.25) is 5.82 Å². The highest BCUT2D eigenvalue weighted by Gasteiger charge is 2.40. The molecule has 2 heterocycles. The summed E-state index contributed by atoms with van der Waals surface area (Å²) in [5, 5.41) is 9.07. The average molecular weight is 316 g/mol. The van der Waals surface area contributed by atoms with Gasteiger partial charge in [0.05, 0.1) is 11.0 Å². The lowest BCUT2D eigenvalue weighted by Gasteiger charge is -2.19. The summed E-state index contributed by atoms with van der Waals surface area (Å²) >= 11 is 0. The number of imidazole rings is 1. The number of benzene rings is 1. The van der Waals surface area contributed by atoms with E-state index in [0.717, 1.165) is 6.92 Å². The second-order valence-corrected chi connectivity index (χ2v) is 4.80. The number of carboxylic acids is 1. The highest BCUT2D eigenvalue weighted by Crippen LogP contribution is 2.39. The summed E-state index contributed by atoms with van der Waals surface area (Å²) < 4.78 is 50.7. The highest BCUT2D eigenvalue weighted by atomic mass is 19.4. The van der Waals surface area contributed by atoms with Crippen molar-refractivity contribution in [2.45, 2.75) is 19.1 Å². The summed E-state index contributed by atoms with van der Waals surface area (Å²) in [7, 11) is 0. The van der Waals surface area contributed by atoms with Crippen LogP contribution in [0.15, 0.2) is 12.1 Å².